The molecule has 0 aromatic carbocycles. The van der Waals surface area contributed by atoms with E-state index < -0.39 is 29.9 Å². The van der Waals surface area contributed by atoms with Gasteiger partial charge in [-0.1, -0.05) is 0 Å². The summed E-state index contributed by atoms with van der Waals surface area (Å²) in [6, 6.07) is -0.715. The Morgan fingerprint density at radius 2 is 1.96 bits per heavy atom. The summed E-state index contributed by atoms with van der Waals surface area (Å²) in [4.78, 5) is 39.1. The van der Waals surface area contributed by atoms with Crippen LogP contribution >= 0.6 is 0 Å². The number of hydrogen-bond acceptors (Lipinski definition) is 6. The van der Waals surface area contributed by atoms with Crippen LogP contribution in [0.15, 0.2) is 0 Å². The molecular formula is C18H31N3O6. The van der Waals surface area contributed by atoms with Crippen molar-refractivity contribution in [3.63, 3.8) is 0 Å². The van der Waals surface area contributed by atoms with Crippen LogP contribution in [0.3, 0.4) is 0 Å². The van der Waals surface area contributed by atoms with Gasteiger partial charge in [-0.25, -0.2) is 4.79 Å². The van der Waals surface area contributed by atoms with Crippen molar-refractivity contribution in [2.45, 2.75) is 70.3 Å². The van der Waals surface area contributed by atoms with E-state index in [2.05, 4.69) is 5.32 Å². The summed E-state index contributed by atoms with van der Waals surface area (Å²) in [6.07, 6.45) is -0.971. The van der Waals surface area contributed by atoms with Crippen molar-refractivity contribution in [2.75, 3.05) is 26.2 Å². The largest absolute Gasteiger partial charge is 0.444 e. The number of aliphatic hydroxyl groups is 2. The Labute approximate surface area is 159 Å². The van der Waals surface area contributed by atoms with E-state index in [0.717, 1.165) is 6.42 Å². The monoisotopic (exact) mass is 385 g/mol. The molecule has 2 saturated heterocycles. The predicted molar refractivity (Wildman–Crippen MR) is 96.8 cm³/mol. The van der Waals surface area contributed by atoms with Gasteiger partial charge in [-0.05, 0) is 33.6 Å². The molecule has 2 aliphatic heterocycles. The smallest absolute Gasteiger partial charge is 0.407 e. The molecule has 0 radical (unpaired) electrons. The average molecular weight is 385 g/mol. The van der Waals surface area contributed by atoms with Crippen LogP contribution in [0.4, 0.5) is 4.79 Å². The van der Waals surface area contributed by atoms with Gasteiger partial charge in [0.1, 0.15) is 5.60 Å². The van der Waals surface area contributed by atoms with Gasteiger partial charge in [0, 0.05) is 39.0 Å². The molecule has 0 spiro atoms. The molecule has 2 rings (SSSR count). The minimum atomic E-state index is -1.02. The zero-order valence-corrected chi connectivity index (χ0v) is 16.3. The number of carbonyl (C=O) groups excluding carboxylic acids is 3. The highest BCUT2D eigenvalue weighted by Gasteiger charge is 2.34. The van der Waals surface area contributed by atoms with Crippen LogP contribution in [-0.2, 0) is 14.3 Å². The molecule has 2 aliphatic rings. The number of amides is 3. The fourth-order valence-corrected chi connectivity index (χ4v) is 3.35. The predicted octanol–water partition coefficient (Wildman–Crippen LogP) is -0.154. The minimum absolute atomic E-state index is 0.00427. The van der Waals surface area contributed by atoms with Crippen LogP contribution in [0.1, 0.15) is 46.5 Å². The molecule has 3 amide bonds. The van der Waals surface area contributed by atoms with Gasteiger partial charge in [-0.15, -0.1) is 0 Å². The molecule has 2 fully saturated rings. The zero-order chi connectivity index (χ0) is 20.2. The Hall–Kier alpha value is -1.87. The molecular weight excluding hydrogens is 354 g/mol. The summed E-state index contributed by atoms with van der Waals surface area (Å²) in [5.74, 6) is -0.175. The highest BCUT2D eigenvalue weighted by molar-refractivity contribution is 5.80. The maximum Gasteiger partial charge on any atom is 0.407 e. The number of aliphatic hydroxyl groups excluding tert-OH is 2. The number of nitrogens with zero attached hydrogens (tertiary/aromatic N) is 2. The highest BCUT2D eigenvalue weighted by atomic mass is 16.6. The second kappa shape index (κ2) is 8.88. The van der Waals surface area contributed by atoms with Crippen molar-refractivity contribution in [3.8, 4) is 0 Å². The van der Waals surface area contributed by atoms with E-state index in [4.69, 9.17) is 4.74 Å². The van der Waals surface area contributed by atoms with E-state index in [9.17, 15) is 24.6 Å². The number of carbonyl (C=O) groups is 3. The van der Waals surface area contributed by atoms with Crippen LogP contribution < -0.4 is 5.32 Å². The molecule has 0 unspecified atom stereocenters. The molecule has 0 saturated carbocycles. The first-order chi connectivity index (χ1) is 12.5. The number of rotatable bonds is 4. The zero-order valence-electron chi connectivity index (χ0n) is 16.3. The van der Waals surface area contributed by atoms with Crippen molar-refractivity contribution in [3.05, 3.63) is 0 Å². The number of alkyl carbamates (subject to hydrolysis) is 1. The number of likely N-dealkylation sites (tertiary alicyclic amines) is 2. The molecule has 154 valence electrons. The summed E-state index contributed by atoms with van der Waals surface area (Å²) in [5, 5.41) is 23.2. The lowest BCUT2D eigenvalue weighted by atomic mass is 10.1. The Kier molecular flexibility index (Phi) is 7.05. The van der Waals surface area contributed by atoms with Crippen LogP contribution in [0.25, 0.3) is 0 Å². The van der Waals surface area contributed by atoms with Crippen LogP contribution in [0, 0.1) is 0 Å². The van der Waals surface area contributed by atoms with Gasteiger partial charge in [0.25, 0.3) is 0 Å². The summed E-state index contributed by atoms with van der Waals surface area (Å²) in [6.45, 7) is 6.29. The van der Waals surface area contributed by atoms with Crippen LogP contribution in [0.5, 0.6) is 0 Å². The molecule has 27 heavy (non-hydrogen) atoms. The Morgan fingerprint density at radius 1 is 1.26 bits per heavy atom. The number of ether oxygens (including phenoxy) is 1. The van der Waals surface area contributed by atoms with Crippen LogP contribution in [-0.4, -0.2) is 88.0 Å². The SMILES string of the molecule is CC(C)(C)OC(=O)N[C@@H]1C[C@@H](O)CN(C(=O)CCN2CCCC2=O)C[C@H]1O. The first-order valence-corrected chi connectivity index (χ1v) is 9.46. The van der Waals surface area contributed by atoms with Gasteiger partial charge in [0.15, 0.2) is 0 Å². The quantitative estimate of drug-likeness (QED) is 0.619. The number of nitrogens with one attached hydrogen (secondary N) is 1. The molecule has 3 N–H and O–H groups in total. The van der Waals surface area contributed by atoms with Crippen molar-refractivity contribution in [1.82, 2.24) is 15.1 Å². The summed E-state index contributed by atoms with van der Waals surface area (Å²) in [7, 11) is 0. The average Bonchev–Trinajstić information content (AvgIpc) is 2.88. The number of β-amino-alcohol motifs (C(OH)–C–C–N with tert-alkyl or cyclic N) is 2. The van der Waals surface area contributed by atoms with E-state index in [1.807, 2.05) is 0 Å². The Morgan fingerprint density at radius 3 is 2.56 bits per heavy atom. The summed E-state index contributed by atoms with van der Waals surface area (Å²) in [5.41, 5.74) is -0.673. The van der Waals surface area contributed by atoms with E-state index in [-0.39, 0.29) is 37.7 Å². The highest BCUT2D eigenvalue weighted by Crippen LogP contribution is 2.16. The van der Waals surface area contributed by atoms with Gasteiger partial charge >= 0.3 is 6.09 Å². The Bertz CT molecular complexity index is 562. The van der Waals surface area contributed by atoms with E-state index in [0.29, 0.717) is 19.5 Å². The molecule has 0 aliphatic carbocycles. The molecule has 0 aromatic rings. The standard InChI is InChI=1S/C18H31N3O6/c1-18(2,3)27-17(26)19-13-9-12(22)10-21(11-14(13)23)16(25)6-8-20-7-4-5-15(20)24/h12-14,22-23H,4-11H2,1-3H3,(H,19,26)/t12-,13-,14-/m1/s1. The Balaban J connectivity index is 1.89. The van der Waals surface area contributed by atoms with Crippen LogP contribution in [0.2, 0.25) is 0 Å². The van der Waals surface area contributed by atoms with Gasteiger partial charge < -0.3 is 30.1 Å². The van der Waals surface area contributed by atoms with Gasteiger partial charge in [-0.2, -0.15) is 0 Å². The fraction of sp³-hybridized carbons (Fsp3) is 0.833. The molecule has 0 bridgehead atoms. The normalized spacial score (nSPS) is 26.7. The van der Waals surface area contributed by atoms with E-state index in [1.54, 1.807) is 25.7 Å². The second-order valence-corrected chi connectivity index (χ2v) is 8.24. The van der Waals surface area contributed by atoms with Gasteiger partial charge in [-0.3, -0.25) is 9.59 Å². The summed E-state index contributed by atoms with van der Waals surface area (Å²) >= 11 is 0. The maximum absolute atomic E-state index is 12.5. The second-order valence-electron chi connectivity index (χ2n) is 8.24. The van der Waals surface area contributed by atoms with Crippen molar-refractivity contribution < 1.29 is 29.3 Å². The van der Waals surface area contributed by atoms with Gasteiger partial charge in [0.2, 0.25) is 11.8 Å². The molecule has 9 heteroatoms. The summed E-state index contributed by atoms with van der Waals surface area (Å²) < 4.78 is 5.18. The maximum atomic E-state index is 12.5. The minimum Gasteiger partial charge on any atom is -0.444 e. The van der Waals surface area contributed by atoms with Crippen molar-refractivity contribution in [1.29, 1.82) is 0 Å². The van der Waals surface area contributed by atoms with E-state index in [1.165, 1.54) is 4.90 Å². The molecule has 2 heterocycles. The van der Waals surface area contributed by atoms with Crippen molar-refractivity contribution >= 4 is 17.9 Å². The lowest BCUT2D eigenvalue weighted by Gasteiger charge is -2.27. The third-order valence-corrected chi connectivity index (χ3v) is 4.65. The topological polar surface area (TPSA) is 119 Å². The lowest BCUT2D eigenvalue weighted by molar-refractivity contribution is -0.134. The lowest BCUT2D eigenvalue weighted by Crippen LogP contribution is -2.48. The first kappa shape index (κ1) is 21.4. The molecule has 0 aromatic heterocycles. The van der Waals surface area contributed by atoms with E-state index >= 15 is 0 Å². The fourth-order valence-electron chi connectivity index (χ4n) is 3.35. The van der Waals surface area contributed by atoms with Crippen molar-refractivity contribution in [2.24, 2.45) is 0 Å². The number of hydrogen-bond donors (Lipinski definition) is 3. The molecule has 9 nitrogen and oxygen atoms in total. The first-order valence-electron chi connectivity index (χ1n) is 9.46. The van der Waals surface area contributed by atoms with Gasteiger partial charge in [0.05, 0.1) is 18.2 Å². The molecule has 3 atom stereocenters. The third kappa shape index (κ3) is 6.66. The third-order valence-electron chi connectivity index (χ3n) is 4.65.